The molecule has 0 amide bonds. The predicted octanol–water partition coefficient (Wildman–Crippen LogP) is 1.36. The van der Waals surface area contributed by atoms with Crippen molar-refractivity contribution < 1.29 is 9.59 Å². The van der Waals surface area contributed by atoms with Gasteiger partial charge in [-0.3, -0.25) is 4.79 Å². The van der Waals surface area contributed by atoms with Gasteiger partial charge in [-0.1, -0.05) is 30.4 Å². The van der Waals surface area contributed by atoms with Gasteiger partial charge in [0.25, 0.3) is 0 Å². The number of hydrogen-bond acceptors (Lipinski definition) is 2. The molecule has 64 valence electrons. The van der Waals surface area contributed by atoms with E-state index >= 15 is 0 Å². The minimum absolute atomic E-state index is 0.0197. The van der Waals surface area contributed by atoms with Gasteiger partial charge in [0.15, 0.2) is 5.78 Å². The van der Waals surface area contributed by atoms with Crippen LogP contribution in [0, 0.1) is 5.92 Å². The minimum Gasteiger partial charge on any atom is -0.302 e. The number of carbonyl (C=O) groups is 2. The molecule has 0 N–H and O–H groups in total. The maximum absolute atomic E-state index is 11.3. The van der Waals surface area contributed by atoms with Crippen molar-refractivity contribution in [3.8, 4) is 0 Å². The zero-order valence-electron chi connectivity index (χ0n) is 6.94. The molecule has 0 fully saturated rings. The molecule has 0 heterocycles. The van der Waals surface area contributed by atoms with Gasteiger partial charge < -0.3 is 4.79 Å². The summed E-state index contributed by atoms with van der Waals surface area (Å²) in [5.74, 6) is -0.275. The van der Waals surface area contributed by atoms with Gasteiger partial charge in [0, 0.05) is 5.57 Å². The molecule has 2 aliphatic carbocycles. The van der Waals surface area contributed by atoms with Gasteiger partial charge in [-0.2, -0.15) is 0 Å². The number of ketones is 1. The minimum atomic E-state index is -0.256. The Morgan fingerprint density at radius 1 is 1.23 bits per heavy atom. The smallest absolute Gasteiger partial charge is 0.186 e. The average Bonchev–Trinajstić information content (AvgIpc) is 2.18. The Kier molecular flexibility index (Phi) is 1.81. The molecular weight excluding hydrogens is 164 g/mol. The number of hydrogen-bond donors (Lipinski definition) is 0. The second kappa shape index (κ2) is 2.98. The van der Waals surface area contributed by atoms with E-state index in [1.54, 1.807) is 24.3 Å². The van der Waals surface area contributed by atoms with Crippen molar-refractivity contribution in [2.24, 2.45) is 5.92 Å². The fourth-order valence-electron chi connectivity index (χ4n) is 1.52. The molecule has 2 heteroatoms. The van der Waals surface area contributed by atoms with Crippen molar-refractivity contribution >= 4 is 12.1 Å². The normalized spacial score (nSPS) is 24.9. The summed E-state index contributed by atoms with van der Waals surface area (Å²) in [7, 11) is 0. The van der Waals surface area contributed by atoms with E-state index in [1.807, 2.05) is 6.08 Å². The van der Waals surface area contributed by atoms with E-state index in [0.29, 0.717) is 5.57 Å². The molecular formula is C11H8O2. The summed E-state index contributed by atoms with van der Waals surface area (Å²) in [4.78, 5) is 22.0. The highest BCUT2D eigenvalue weighted by molar-refractivity contribution is 6.10. The maximum Gasteiger partial charge on any atom is 0.186 e. The zero-order chi connectivity index (χ0) is 9.26. The van der Waals surface area contributed by atoms with Crippen LogP contribution in [0.25, 0.3) is 0 Å². The lowest BCUT2D eigenvalue weighted by molar-refractivity contribution is -0.111. The van der Waals surface area contributed by atoms with Gasteiger partial charge >= 0.3 is 0 Å². The summed E-state index contributed by atoms with van der Waals surface area (Å²) >= 11 is 0. The summed E-state index contributed by atoms with van der Waals surface area (Å²) in [6.45, 7) is 0. The highest BCUT2D eigenvalue weighted by atomic mass is 16.1. The van der Waals surface area contributed by atoms with Crippen LogP contribution in [0.4, 0.5) is 0 Å². The number of fused-ring (bicyclic) bond motifs is 1. The highest BCUT2D eigenvalue weighted by Crippen LogP contribution is 2.27. The molecule has 0 bridgehead atoms. The molecule has 0 saturated carbocycles. The topological polar surface area (TPSA) is 34.1 Å². The molecule has 0 radical (unpaired) electrons. The van der Waals surface area contributed by atoms with Crippen molar-refractivity contribution in [3.63, 3.8) is 0 Å². The van der Waals surface area contributed by atoms with Crippen molar-refractivity contribution in [1.82, 2.24) is 0 Å². The van der Waals surface area contributed by atoms with E-state index in [-0.39, 0.29) is 11.7 Å². The summed E-state index contributed by atoms with van der Waals surface area (Å²) in [5.41, 5.74) is 1.45. The molecule has 2 aliphatic rings. The Morgan fingerprint density at radius 2 is 2.08 bits per heavy atom. The fourth-order valence-corrected chi connectivity index (χ4v) is 1.52. The van der Waals surface area contributed by atoms with Gasteiger partial charge in [-0.05, 0) is 11.6 Å². The van der Waals surface area contributed by atoms with E-state index < -0.39 is 0 Å². The highest BCUT2D eigenvalue weighted by Gasteiger charge is 2.22. The summed E-state index contributed by atoms with van der Waals surface area (Å²) in [6.07, 6.45) is 11.1. The van der Waals surface area contributed by atoms with Crippen molar-refractivity contribution in [2.45, 2.75) is 0 Å². The van der Waals surface area contributed by atoms with Crippen molar-refractivity contribution in [2.75, 3.05) is 0 Å². The van der Waals surface area contributed by atoms with Gasteiger partial charge in [0.05, 0.1) is 5.92 Å². The van der Waals surface area contributed by atoms with Crippen LogP contribution in [0.1, 0.15) is 0 Å². The summed E-state index contributed by atoms with van der Waals surface area (Å²) in [5, 5.41) is 0. The number of allylic oxidation sites excluding steroid dienone is 8. The quantitative estimate of drug-likeness (QED) is 0.560. The third-order valence-corrected chi connectivity index (χ3v) is 2.19. The van der Waals surface area contributed by atoms with Crippen LogP contribution in [0.2, 0.25) is 0 Å². The maximum atomic E-state index is 11.3. The largest absolute Gasteiger partial charge is 0.302 e. The first kappa shape index (κ1) is 7.92. The van der Waals surface area contributed by atoms with Gasteiger partial charge in [0.2, 0.25) is 0 Å². The molecule has 0 aliphatic heterocycles. The summed E-state index contributed by atoms with van der Waals surface area (Å²) in [6, 6.07) is 0. The lowest BCUT2D eigenvalue weighted by Crippen LogP contribution is -2.15. The van der Waals surface area contributed by atoms with Crippen LogP contribution in [-0.4, -0.2) is 12.1 Å². The number of rotatable bonds is 1. The standard InChI is InChI=1S/C11H8O2/c12-7-8-3-1-5-10-9(8)4-2-6-11(10)13/h1-8H. The molecule has 1 atom stereocenters. The van der Waals surface area contributed by atoms with Crippen LogP contribution < -0.4 is 0 Å². The lowest BCUT2D eigenvalue weighted by atomic mass is 9.84. The van der Waals surface area contributed by atoms with E-state index in [9.17, 15) is 9.59 Å². The van der Waals surface area contributed by atoms with Crippen LogP contribution >= 0.6 is 0 Å². The molecule has 0 aromatic rings. The van der Waals surface area contributed by atoms with Crippen LogP contribution in [0.15, 0.2) is 47.6 Å². The Labute approximate surface area is 75.9 Å². The first-order valence-electron chi connectivity index (χ1n) is 4.09. The molecule has 0 saturated heterocycles. The first-order chi connectivity index (χ1) is 6.33. The van der Waals surface area contributed by atoms with Gasteiger partial charge in [-0.25, -0.2) is 0 Å². The third kappa shape index (κ3) is 1.20. The van der Waals surface area contributed by atoms with E-state index in [4.69, 9.17) is 0 Å². The second-order valence-corrected chi connectivity index (χ2v) is 2.97. The average molecular weight is 172 g/mol. The predicted molar refractivity (Wildman–Crippen MR) is 49.0 cm³/mol. The monoisotopic (exact) mass is 172 g/mol. The molecule has 2 nitrogen and oxygen atoms in total. The van der Waals surface area contributed by atoms with Crippen molar-refractivity contribution in [1.29, 1.82) is 0 Å². The van der Waals surface area contributed by atoms with E-state index in [2.05, 4.69) is 0 Å². The molecule has 1 unspecified atom stereocenters. The van der Waals surface area contributed by atoms with Crippen LogP contribution in [-0.2, 0) is 9.59 Å². The Bertz CT molecular complexity index is 381. The molecule has 0 spiro atoms. The first-order valence-corrected chi connectivity index (χ1v) is 4.09. The van der Waals surface area contributed by atoms with Gasteiger partial charge in [-0.15, -0.1) is 0 Å². The lowest BCUT2D eigenvalue weighted by Gasteiger charge is -2.18. The van der Waals surface area contributed by atoms with Crippen LogP contribution in [0.5, 0.6) is 0 Å². The SMILES string of the molecule is O=CC1C=CC=C2C(=O)C=CC=C21. The molecule has 13 heavy (non-hydrogen) atoms. The second-order valence-electron chi connectivity index (χ2n) is 2.97. The number of aldehydes is 1. The molecule has 0 aromatic carbocycles. The summed E-state index contributed by atoms with van der Waals surface area (Å²) < 4.78 is 0. The Morgan fingerprint density at radius 3 is 2.85 bits per heavy atom. The van der Waals surface area contributed by atoms with E-state index in [0.717, 1.165) is 11.9 Å². The van der Waals surface area contributed by atoms with Crippen molar-refractivity contribution in [3.05, 3.63) is 47.6 Å². The third-order valence-electron chi connectivity index (χ3n) is 2.19. The Hall–Kier alpha value is -1.70. The van der Waals surface area contributed by atoms with Crippen LogP contribution in [0.3, 0.4) is 0 Å². The van der Waals surface area contributed by atoms with E-state index in [1.165, 1.54) is 6.08 Å². The fraction of sp³-hybridized carbons (Fsp3) is 0.0909. The Balaban J connectivity index is 2.49. The zero-order valence-corrected chi connectivity index (χ0v) is 6.94. The molecule has 0 aromatic heterocycles. The van der Waals surface area contributed by atoms with Gasteiger partial charge in [0.1, 0.15) is 6.29 Å². The molecule has 2 rings (SSSR count). The number of carbonyl (C=O) groups excluding carboxylic acids is 2.